The van der Waals surface area contributed by atoms with Crippen molar-refractivity contribution in [1.29, 1.82) is 0 Å². The van der Waals surface area contributed by atoms with Gasteiger partial charge in [0, 0.05) is 63.1 Å². The summed E-state index contributed by atoms with van der Waals surface area (Å²) in [4.78, 5) is 102. The van der Waals surface area contributed by atoms with E-state index < -0.39 is 54.0 Å². The van der Waals surface area contributed by atoms with Crippen LogP contribution in [0.2, 0.25) is 0 Å². The number of aliphatic hydroxyl groups excluding tert-OH is 1. The van der Waals surface area contributed by atoms with Crippen molar-refractivity contribution in [1.82, 2.24) is 54.7 Å². The molecule has 0 saturated carbocycles. The zero-order valence-corrected chi connectivity index (χ0v) is 44.2. The molecule has 1 aromatic carbocycles. The van der Waals surface area contributed by atoms with Crippen LogP contribution in [-0.2, 0) is 30.5 Å². The first-order valence-corrected chi connectivity index (χ1v) is 26.0. The molecule has 5 aromatic heterocycles. The number of thiazole rings is 1. The number of fused-ring (bicyclic) bond motifs is 2. The number of hydrogen-bond donors (Lipinski definition) is 4. The lowest BCUT2D eigenvalue weighted by Crippen LogP contribution is -2.58. The number of carbonyl (C=O) groups excluding carboxylic acids is 5. The van der Waals surface area contributed by atoms with Gasteiger partial charge in [0.05, 0.1) is 71.9 Å². The fourth-order valence-electron chi connectivity index (χ4n) is 9.26. The number of nitrogens with zero attached hydrogens (tertiary/aromatic N) is 11. The van der Waals surface area contributed by atoms with E-state index in [9.17, 15) is 29.1 Å². The molecule has 4 N–H and O–H groups in total. The molecule has 3 aliphatic rings. The van der Waals surface area contributed by atoms with Crippen LogP contribution in [0.4, 0.5) is 22.2 Å². The molecule has 2 saturated heterocycles. The molecule has 9 rings (SSSR count). The molecule has 400 valence electrons. The number of imidazole rings is 1. The van der Waals surface area contributed by atoms with E-state index in [1.165, 1.54) is 22.2 Å². The number of amides is 5. The van der Waals surface area contributed by atoms with E-state index in [0.29, 0.717) is 73.0 Å². The number of pyridine rings is 1. The van der Waals surface area contributed by atoms with Crippen LogP contribution in [-0.4, -0.2) is 162 Å². The number of ether oxygens (including phenoxy) is 3. The van der Waals surface area contributed by atoms with Gasteiger partial charge in [-0.3, -0.25) is 34.0 Å². The highest BCUT2D eigenvalue weighted by molar-refractivity contribution is 7.13. The van der Waals surface area contributed by atoms with Crippen molar-refractivity contribution >= 4 is 64.2 Å². The van der Waals surface area contributed by atoms with Gasteiger partial charge >= 0.3 is 6.09 Å². The lowest BCUT2D eigenvalue weighted by Gasteiger charge is -2.39. The van der Waals surface area contributed by atoms with Gasteiger partial charge in [-0.1, -0.05) is 45.0 Å². The number of benzene rings is 1. The summed E-state index contributed by atoms with van der Waals surface area (Å²) in [5.74, 6) is -0.279. The van der Waals surface area contributed by atoms with Gasteiger partial charge in [0.1, 0.15) is 24.4 Å². The SMILES string of the molecule is Cc1ncsc1-c1ccc(CNC(=O)[C@@H]2C[C@@H](O)CN2C(=O)[C@@H](NC(=O)COc2cnc(N3CCN(CC(=O)Nc4cn5cc(-c6cnc7c(c6)N(C(=O)OC(C)C)CCO7)ncc5n4)[C@@H](C)C3)nc2)C(C)(C)C)cc1. The largest absolute Gasteiger partial charge is 0.481 e. The zero-order chi connectivity index (χ0) is 53.8. The summed E-state index contributed by atoms with van der Waals surface area (Å²) < 4.78 is 18.6. The second-order valence-electron chi connectivity index (χ2n) is 20.4. The Balaban J connectivity index is 0.731. The maximum absolute atomic E-state index is 14.1. The quantitative estimate of drug-likeness (QED) is 0.113. The van der Waals surface area contributed by atoms with E-state index in [1.807, 2.05) is 63.8 Å². The summed E-state index contributed by atoms with van der Waals surface area (Å²) in [5.41, 5.74) is 6.14. The Labute approximate surface area is 443 Å². The zero-order valence-electron chi connectivity index (χ0n) is 43.4. The molecule has 4 atom stereocenters. The Morgan fingerprint density at radius 1 is 0.921 bits per heavy atom. The van der Waals surface area contributed by atoms with Crippen LogP contribution in [0, 0.1) is 12.3 Å². The van der Waals surface area contributed by atoms with Gasteiger partial charge in [-0.15, -0.1) is 11.3 Å². The number of aryl methyl sites for hydroxylation is 1. The first-order chi connectivity index (χ1) is 36.4. The first kappa shape index (κ1) is 53.0. The van der Waals surface area contributed by atoms with Crippen molar-refractivity contribution in [2.24, 2.45) is 5.41 Å². The Morgan fingerprint density at radius 2 is 1.70 bits per heavy atom. The minimum atomic E-state index is -1.03. The topological polar surface area (TPSA) is 264 Å². The fourth-order valence-corrected chi connectivity index (χ4v) is 10.1. The molecule has 76 heavy (non-hydrogen) atoms. The third-order valence-corrected chi connectivity index (χ3v) is 14.2. The molecule has 0 spiro atoms. The second-order valence-corrected chi connectivity index (χ2v) is 21.3. The maximum atomic E-state index is 14.1. The molecule has 0 radical (unpaired) electrons. The van der Waals surface area contributed by atoms with E-state index in [4.69, 9.17) is 14.2 Å². The number of aliphatic hydroxyl groups is 1. The summed E-state index contributed by atoms with van der Waals surface area (Å²) >= 11 is 1.56. The number of β-amino-alcohol motifs (C(OH)–C–C–N with tert-alkyl or cyclic N) is 1. The summed E-state index contributed by atoms with van der Waals surface area (Å²) in [6.45, 7) is 15.1. The third-order valence-electron chi connectivity index (χ3n) is 13.2. The average Bonchev–Trinajstić information content (AvgIpc) is 4.13. The van der Waals surface area contributed by atoms with E-state index in [-0.39, 0.29) is 49.9 Å². The van der Waals surface area contributed by atoms with E-state index in [1.54, 1.807) is 65.9 Å². The Hall–Kier alpha value is -7.83. The first-order valence-electron chi connectivity index (χ1n) is 25.1. The van der Waals surface area contributed by atoms with Crippen molar-refractivity contribution in [2.45, 2.75) is 91.8 Å². The molecule has 0 bridgehead atoms. The van der Waals surface area contributed by atoms with Crippen molar-refractivity contribution in [2.75, 3.05) is 67.6 Å². The summed E-state index contributed by atoms with van der Waals surface area (Å²) in [7, 11) is 0. The molecule has 3 aliphatic heterocycles. The minimum absolute atomic E-state index is 0.0381. The number of rotatable bonds is 15. The second kappa shape index (κ2) is 22.6. The Bertz CT molecular complexity index is 3090. The van der Waals surface area contributed by atoms with Gasteiger partial charge in [0.25, 0.3) is 5.91 Å². The lowest BCUT2D eigenvalue weighted by atomic mass is 9.85. The molecule has 0 aliphatic carbocycles. The van der Waals surface area contributed by atoms with Crippen LogP contribution >= 0.6 is 11.3 Å². The van der Waals surface area contributed by atoms with E-state index >= 15 is 0 Å². The van der Waals surface area contributed by atoms with E-state index in [2.05, 4.69) is 50.8 Å². The molecule has 6 aromatic rings. The average molecular weight is 1060 g/mol. The molecule has 24 heteroatoms. The molecule has 23 nitrogen and oxygen atoms in total. The summed E-state index contributed by atoms with van der Waals surface area (Å²) in [5, 5.41) is 19.3. The third kappa shape index (κ3) is 12.3. The number of piperazine rings is 1. The summed E-state index contributed by atoms with van der Waals surface area (Å²) in [6, 6.07) is 7.62. The van der Waals surface area contributed by atoms with Gasteiger partial charge in [-0.05, 0) is 50.3 Å². The number of likely N-dealkylation sites (tertiary alicyclic amines) is 1. The normalized spacial score (nSPS) is 18.2. The lowest BCUT2D eigenvalue weighted by molar-refractivity contribution is -0.144. The standard InChI is InChI=1S/C52H62N14O9S/c1-30(2)75-51(72)65-14-15-73-48-40(65)16-35(19-55-48)38-25-64-26-41(59-42(64)22-53-38)60-43(68)27-62-12-13-63(23-31(62)3)50-56-20-37(21-57-50)74-28-44(69)61-46(52(5,6)7)49(71)66-24-36(67)17-39(66)47(70)54-18-33-8-10-34(11-9-33)45-32(4)58-29-76-45/h8-11,16,19-22,25-26,29-31,36,39,46,67H,12-15,17-18,23-24,27-28H2,1-7H3,(H,54,70)(H,60,68)(H,61,69)/t31-,36+,39-,46+/m0/s1. The molecule has 5 amide bonds. The van der Waals surface area contributed by atoms with Crippen LogP contribution in [0.15, 0.2) is 73.0 Å². The van der Waals surface area contributed by atoms with Crippen LogP contribution in [0.1, 0.15) is 59.2 Å². The monoisotopic (exact) mass is 1060 g/mol. The highest BCUT2D eigenvalue weighted by Crippen LogP contribution is 2.34. The van der Waals surface area contributed by atoms with Crippen LogP contribution in [0.3, 0.4) is 0 Å². The molecular formula is C52H62N14O9S. The van der Waals surface area contributed by atoms with Gasteiger partial charge in [-0.2, -0.15) is 0 Å². The molecular weight excluding hydrogens is 997 g/mol. The van der Waals surface area contributed by atoms with Crippen molar-refractivity contribution in [3.63, 3.8) is 0 Å². The predicted octanol–water partition coefficient (Wildman–Crippen LogP) is 4.09. The molecule has 2 fully saturated rings. The maximum Gasteiger partial charge on any atom is 0.414 e. The number of anilines is 3. The Kier molecular flexibility index (Phi) is 15.7. The van der Waals surface area contributed by atoms with Gasteiger partial charge < -0.3 is 49.5 Å². The fraction of sp³-hybridized carbons (Fsp3) is 0.442. The van der Waals surface area contributed by atoms with Crippen LogP contribution in [0.25, 0.3) is 27.3 Å². The predicted molar refractivity (Wildman–Crippen MR) is 282 cm³/mol. The number of carbonyl (C=O) groups is 5. The summed E-state index contributed by atoms with van der Waals surface area (Å²) in [6.07, 6.45) is 8.03. The number of aromatic nitrogens is 7. The van der Waals surface area contributed by atoms with Gasteiger partial charge in [-0.25, -0.2) is 29.7 Å². The van der Waals surface area contributed by atoms with Crippen molar-refractivity contribution < 1.29 is 43.3 Å². The van der Waals surface area contributed by atoms with Gasteiger partial charge in [0.15, 0.2) is 23.8 Å². The smallest absolute Gasteiger partial charge is 0.414 e. The number of hydrogen-bond acceptors (Lipinski definition) is 18. The molecule has 0 unspecified atom stereocenters. The van der Waals surface area contributed by atoms with Gasteiger partial charge in [0.2, 0.25) is 29.5 Å². The van der Waals surface area contributed by atoms with Crippen LogP contribution in [0.5, 0.6) is 11.6 Å². The minimum Gasteiger partial charge on any atom is -0.481 e. The van der Waals surface area contributed by atoms with Crippen molar-refractivity contribution in [3.8, 4) is 33.3 Å². The molecule has 8 heterocycles. The highest BCUT2D eigenvalue weighted by atomic mass is 32.1. The van der Waals surface area contributed by atoms with E-state index in [0.717, 1.165) is 21.7 Å². The van der Waals surface area contributed by atoms with Crippen molar-refractivity contribution in [3.05, 3.63) is 84.3 Å². The van der Waals surface area contributed by atoms with Crippen LogP contribution < -0.4 is 35.2 Å². The highest BCUT2D eigenvalue weighted by Gasteiger charge is 2.44. The number of nitrogens with one attached hydrogen (secondary N) is 3. The Morgan fingerprint density at radius 3 is 2.41 bits per heavy atom.